The van der Waals surface area contributed by atoms with Crippen molar-refractivity contribution in [1.29, 1.82) is 0 Å². The molecule has 0 aromatic rings. The fourth-order valence-electron chi connectivity index (χ4n) is 10.3. The third kappa shape index (κ3) is 5.64. The summed E-state index contributed by atoms with van der Waals surface area (Å²) in [6.45, 7) is 14.2. The molecule has 0 unspecified atom stereocenters. The van der Waals surface area contributed by atoms with Crippen molar-refractivity contribution >= 4 is 0 Å². The molecule has 6 heteroatoms. The number of hydrogen-bond acceptors (Lipinski definition) is 6. The Labute approximate surface area is 248 Å². The van der Waals surface area contributed by atoms with E-state index in [1.165, 1.54) is 37.7 Å². The molecular weight excluding hydrogens is 516 g/mol. The predicted octanol–water partition coefficient (Wildman–Crippen LogP) is 5.63. The van der Waals surface area contributed by atoms with E-state index in [0.29, 0.717) is 29.1 Å². The molecule has 1 heterocycles. The van der Waals surface area contributed by atoms with Crippen molar-refractivity contribution in [3.05, 3.63) is 23.8 Å². The summed E-state index contributed by atoms with van der Waals surface area (Å²) < 4.78 is 11.9. The zero-order valence-electron chi connectivity index (χ0n) is 26.4. The zero-order valence-corrected chi connectivity index (χ0v) is 26.4. The highest BCUT2D eigenvalue weighted by molar-refractivity contribution is 5.25. The molecule has 0 spiro atoms. The van der Waals surface area contributed by atoms with Gasteiger partial charge in [-0.3, -0.25) is 0 Å². The highest BCUT2D eigenvalue weighted by Crippen LogP contribution is 2.67. The molecule has 14 atom stereocenters. The number of ether oxygens (including phenoxy) is 2. The van der Waals surface area contributed by atoms with Gasteiger partial charge in [0.25, 0.3) is 0 Å². The molecule has 4 fully saturated rings. The van der Waals surface area contributed by atoms with E-state index in [9.17, 15) is 20.4 Å². The van der Waals surface area contributed by atoms with Gasteiger partial charge in [0.15, 0.2) is 6.29 Å². The van der Waals surface area contributed by atoms with E-state index in [1.54, 1.807) is 0 Å². The molecule has 4 N–H and O–H groups in total. The quantitative estimate of drug-likeness (QED) is 0.281. The Morgan fingerprint density at radius 1 is 0.976 bits per heavy atom. The Morgan fingerprint density at radius 3 is 2.41 bits per heavy atom. The van der Waals surface area contributed by atoms with E-state index in [0.717, 1.165) is 43.4 Å². The smallest absolute Gasteiger partial charge is 0.186 e. The standard InChI is InChI=1S/C35H58O6/c1-7-22(20(2)3)9-8-21(4)26-12-13-27-25-11-10-23-18-24(14-16-34(23,5)28(25)15-17-35(26,27)6)40-33-32(39)31(38)30(37)29(19-36)41-33/h8-10,20-22,24-33,36-39H,7,11-19H2,1-6H3/t21-,22-,24+,25+,26-,27+,28+,29-,30-,31+,32-,33-,34+,35-/m1/s1. The largest absolute Gasteiger partial charge is 0.394 e. The fraction of sp³-hybridized carbons (Fsp3) is 0.886. The summed E-state index contributed by atoms with van der Waals surface area (Å²) >= 11 is 0. The van der Waals surface area contributed by atoms with Crippen LogP contribution in [0.2, 0.25) is 0 Å². The molecule has 0 aromatic carbocycles. The first-order chi connectivity index (χ1) is 19.4. The lowest BCUT2D eigenvalue weighted by atomic mass is 9.47. The summed E-state index contributed by atoms with van der Waals surface area (Å²) in [5, 5.41) is 40.4. The van der Waals surface area contributed by atoms with Crippen LogP contribution < -0.4 is 0 Å². The van der Waals surface area contributed by atoms with Crippen LogP contribution in [0.25, 0.3) is 0 Å². The zero-order chi connectivity index (χ0) is 29.7. The van der Waals surface area contributed by atoms with Gasteiger partial charge in [-0.1, -0.05) is 65.3 Å². The molecule has 0 radical (unpaired) electrons. The van der Waals surface area contributed by atoms with Crippen molar-refractivity contribution in [3.63, 3.8) is 0 Å². The van der Waals surface area contributed by atoms with Crippen LogP contribution in [-0.2, 0) is 9.47 Å². The second-order valence-electron chi connectivity index (χ2n) is 15.2. The minimum Gasteiger partial charge on any atom is -0.394 e. The van der Waals surface area contributed by atoms with Crippen LogP contribution in [0.4, 0.5) is 0 Å². The molecule has 0 bridgehead atoms. The molecule has 0 amide bonds. The maximum Gasteiger partial charge on any atom is 0.186 e. The van der Waals surface area contributed by atoms with E-state index >= 15 is 0 Å². The Balaban J connectivity index is 1.26. The molecule has 3 saturated carbocycles. The van der Waals surface area contributed by atoms with Gasteiger partial charge in [0.2, 0.25) is 0 Å². The fourth-order valence-corrected chi connectivity index (χ4v) is 10.3. The number of aliphatic hydroxyl groups is 4. The lowest BCUT2D eigenvalue weighted by Crippen LogP contribution is -2.60. The first-order valence-electron chi connectivity index (χ1n) is 16.8. The Kier molecular flexibility index (Phi) is 9.51. The maximum atomic E-state index is 10.5. The first kappa shape index (κ1) is 31.7. The normalized spacial score (nSPS) is 47.9. The minimum atomic E-state index is -1.40. The van der Waals surface area contributed by atoms with Crippen LogP contribution in [-0.4, -0.2) is 63.8 Å². The number of hydrogen-bond donors (Lipinski definition) is 4. The molecule has 234 valence electrons. The minimum absolute atomic E-state index is 0.109. The van der Waals surface area contributed by atoms with Crippen LogP contribution >= 0.6 is 0 Å². The average molecular weight is 575 g/mol. The van der Waals surface area contributed by atoms with Crippen molar-refractivity contribution in [2.45, 2.75) is 136 Å². The van der Waals surface area contributed by atoms with Crippen LogP contribution in [0.3, 0.4) is 0 Å². The number of aliphatic hydroxyl groups excluding tert-OH is 4. The molecule has 41 heavy (non-hydrogen) atoms. The number of fused-ring (bicyclic) bond motifs is 5. The Morgan fingerprint density at radius 2 is 1.73 bits per heavy atom. The lowest BCUT2D eigenvalue weighted by molar-refractivity contribution is -0.313. The van der Waals surface area contributed by atoms with Crippen molar-refractivity contribution in [2.75, 3.05) is 6.61 Å². The Hall–Kier alpha value is -0.760. The highest BCUT2D eigenvalue weighted by atomic mass is 16.7. The van der Waals surface area contributed by atoms with Gasteiger partial charge in [0, 0.05) is 0 Å². The summed E-state index contributed by atoms with van der Waals surface area (Å²) in [7, 11) is 0. The first-order valence-corrected chi connectivity index (χ1v) is 16.8. The molecule has 5 rings (SSSR count). The monoisotopic (exact) mass is 574 g/mol. The van der Waals surface area contributed by atoms with Gasteiger partial charge in [0.05, 0.1) is 12.7 Å². The van der Waals surface area contributed by atoms with Crippen molar-refractivity contribution in [1.82, 2.24) is 0 Å². The van der Waals surface area contributed by atoms with Crippen LogP contribution in [0.5, 0.6) is 0 Å². The van der Waals surface area contributed by atoms with E-state index in [2.05, 4.69) is 59.8 Å². The molecular formula is C35H58O6. The predicted molar refractivity (Wildman–Crippen MR) is 161 cm³/mol. The van der Waals surface area contributed by atoms with Gasteiger partial charge >= 0.3 is 0 Å². The van der Waals surface area contributed by atoms with Crippen molar-refractivity contribution in [3.8, 4) is 0 Å². The Bertz CT molecular complexity index is 960. The SMILES string of the molecule is CC[C@H](C=C[C@@H](C)[C@H]1CC[C@H]2[C@@H]3CC=C4C[C@@H](O[C@@H]5O[C@H](CO)[C@@H](O)[C@H](O)[C@H]5O)CC[C@]4(C)[C@H]3CC[C@]12C)C(C)C. The van der Waals surface area contributed by atoms with Gasteiger partial charge in [-0.25, -0.2) is 0 Å². The van der Waals surface area contributed by atoms with Gasteiger partial charge < -0.3 is 29.9 Å². The van der Waals surface area contributed by atoms with Crippen LogP contribution in [0.1, 0.15) is 99.3 Å². The van der Waals surface area contributed by atoms with Gasteiger partial charge in [-0.15, -0.1) is 0 Å². The summed E-state index contributed by atoms with van der Waals surface area (Å²) in [6, 6.07) is 0. The van der Waals surface area contributed by atoms with E-state index in [-0.39, 0.29) is 11.5 Å². The summed E-state index contributed by atoms with van der Waals surface area (Å²) in [6.07, 6.45) is 11.9. The third-order valence-electron chi connectivity index (χ3n) is 12.9. The summed E-state index contributed by atoms with van der Waals surface area (Å²) in [5.41, 5.74) is 2.11. The number of rotatable bonds is 8. The van der Waals surface area contributed by atoms with E-state index in [1.807, 2.05) is 0 Å². The molecule has 6 nitrogen and oxygen atoms in total. The molecule has 1 saturated heterocycles. The summed E-state index contributed by atoms with van der Waals surface area (Å²) in [4.78, 5) is 0. The lowest BCUT2D eigenvalue weighted by Gasteiger charge is -2.58. The molecule has 5 aliphatic rings. The highest BCUT2D eigenvalue weighted by Gasteiger charge is 2.59. The topological polar surface area (TPSA) is 99.4 Å². The van der Waals surface area contributed by atoms with Gasteiger partial charge in [0.1, 0.15) is 24.4 Å². The van der Waals surface area contributed by atoms with E-state index < -0.39 is 37.3 Å². The van der Waals surface area contributed by atoms with Crippen molar-refractivity contribution < 1.29 is 29.9 Å². The maximum absolute atomic E-state index is 10.5. The van der Waals surface area contributed by atoms with Gasteiger partial charge in [-0.2, -0.15) is 0 Å². The molecule has 1 aliphatic heterocycles. The van der Waals surface area contributed by atoms with Crippen LogP contribution in [0, 0.1) is 52.3 Å². The molecule has 0 aromatic heterocycles. The second-order valence-corrected chi connectivity index (χ2v) is 15.2. The van der Waals surface area contributed by atoms with Crippen molar-refractivity contribution in [2.24, 2.45) is 52.3 Å². The average Bonchev–Trinajstić information content (AvgIpc) is 3.30. The van der Waals surface area contributed by atoms with Crippen LogP contribution in [0.15, 0.2) is 23.8 Å². The summed E-state index contributed by atoms with van der Waals surface area (Å²) in [5.74, 6) is 5.05. The number of allylic oxidation sites excluding steroid dienone is 3. The van der Waals surface area contributed by atoms with E-state index in [4.69, 9.17) is 9.47 Å². The second kappa shape index (κ2) is 12.3. The molecule has 4 aliphatic carbocycles. The third-order valence-corrected chi connectivity index (χ3v) is 12.9. The van der Waals surface area contributed by atoms with Gasteiger partial charge in [-0.05, 0) is 110 Å².